The number of Topliss-reactive ketones (excluding diaryl/α,β-unsaturated/α-hetero) is 1. The first-order chi connectivity index (χ1) is 12.9. The maximum Gasteiger partial charge on any atom is 0.288 e. The number of carbonyl (C=O) groups excluding carboxylic acids is 2. The van der Waals surface area contributed by atoms with Crippen molar-refractivity contribution in [1.82, 2.24) is 0 Å². The van der Waals surface area contributed by atoms with Crippen molar-refractivity contribution >= 4 is 34.8 Å². The average Bonchev–Trinajstić information content (AvgIpc) is 3.07. The van der Waals surface area contributed by atoms with Gasteiger partial charge in [0.25, 0.3) is 5.76 Å². The second-order valence-electron chi connectivity index (χ2n) is 5.61. The van der Waals surface area contributed by atoms with Crippen molar-refractivity contribution in [2.45, 2.75) is 17.6 Å². The molecule has 0 spiro atoms. The Morgan fingerprint density at radius 1 is 1.15 bits per heavy atom. The quantitative estimate of drug-likeness (QED) is 0.546. The van der Waals surface area contributed by atoms with Gasteiger partial charge in [0.1, 0.15) is 0 Å². The summed E-state index contributed by atoms with van der Waals surface area (Å²) in [6, 6.07) is 9.39. The number of carbonyl (C=O) groups is 2. The van der Waals surface area contributed by atoms with E-state index in [1.54, 1.807) is 30.3 Å². The number of anilines is 2. The lowest BCUT2D eigenvalue weighted by atomic mass is 10.1. The molecule has 2 N–H and O–H groups in total. The fraction of sp³-hybridized carbons (Fsp3) is 0.222. The molecule has 0 radical (unpaired) electrons. The van der Waals surface area contributed by atoms with E-state index in [1.807, 2.05) is 0 Å². The van der Waals surface area contributed by atoms with Crippen LogP contribution in [0.5, 0.6) is 11.5 Å². The number of fused-ring (bicyclic) bond motifs is 1. The molecule has 6 nitrogen and oxygen atoms in total. The second kappa shape index (κ2) is 8.26. The third kappa shape index (κ3) is 4.88. The molecule has 3 rings (SSSR count). The standard InChI is InChI=1S/C18H16F2N2O4S/c1-10(23)13-6-15-16(26-9-25-15)7-14(13)22-17(24)8-21-11-2-4-12(5-3-11)27-18(19)20/h2-7,18,21H,8-9H2,1H3,(H,22,24). The summed E-state index contributed by atoms with van der Waals surface area (Å²) >= 11 is 0.453. The minimum absolute atomic E-state index is 0.0610. The number of ether oxygens (including phenoxy) is 2. The SMILES string of the molecule is CC(=O)c1cc2c(cc1NC(=O)CNc1ccc(SC(F)F)cc1)OCO2. The number of hydrogen-bond acceptors (Lipinski definition) is 6. The Bertz CT molecular complexity index is 859. The van der Waals surface area contributed by atoms with E-state index >= 15 is 0 Å². The number of rotatable bonds is 7. The van der Waals surface area contributed by atoms with E-state index in [9.17, 15) is 18.4 Å². The van der Waals surface area contributed by atoms with Gasteiger partial charge in [-0.05, 0) is 37.3 Å². The second-order valence-corrected chi connectivity index (χ2v) is 6.68. The van der Waals surface area contributed by atoms with E-state index in [0.29, 0.717) is 45.1 Å². The smallest absolute Gasteiger partial charge is 0.288 e. The van der Waals surface area contributed by atoms with Crippen LogP contribution in [0, 0.1) is 0 Å². The van der Waals surface area contributed by atoms with Gasteiger partial charge in [0, 0.05) is 22.2 Å². The Morgan fingerprint density at radius 3 is 2.44 bits per heavy atom. The first-order valence-electron chi connectivity index (χ1n) is 7.95. The molecule has 1 aliphatic rings. The van der Waals surface area contributed by atoms with E-state index in [2.05, 4.69) is 10.6 Å². The number of benzene rings is 2. The van der Waals surface area contributed by atoms with E-state index in [1.165, 1.54) is 13.0 Å². The van der Waals surface area contributed by atoms with Crippen molar-refractivity contribution in [3.05, 3.63) is 42.0 Å². The number of nitrogens with one attached hydrogen (secondary N) is 2. The summed E-state index contributed by atoms with van der Waals surface area (Å²) in [4.78, 5) is 24.5. The molecule has 0 bridgehead atoms. The van der Waals surface area contributed by atoms with Gasteiger partial charge in [-0.2, -0.15) is 8.78 Å². The summed E-state index contributed by atoms with van der Waals surface area (Å²) in [7, 11) is 0. The molecule has 142 valence electrons. The van der Waals surface area contributed by atoms with E-state index in [4.69, 9.17) is 9.47 Å². The zero-order chi connectivity index (χ0) is 19.4. The molecule has 0 aliphatic carbocycles. The zero-order valence-electron chi connectivity index (χ0n) is 14.3. The number of halogens is 2. The molecular weight excluding hydrogens is 378 g/mol. The van der Waals surface area contributed by atoms with Gasteiger partial charge in [0.05, 0.1) is 12.2 Å². The van der Waals surface area contributed by atoms with Crippen LogP contribution in [-0.2, 0) is 4.79 Å². The van der Waals surface area contributed by atoms with Crippen LogP contribution in [0.4, 0.5) is 20.2 Å². The largest absolute Gasteiger partial charge is 0.454 e. The Morgan fingerprint density at radius 2 is 1.81 bits per heavy atom. The lowest BCUT2D eigenvalue weighted by Gasteiger charge is -2.12. The van der Waals surface area contributed by atoms with Gasteiger partial charge in [-0.15, -0.1) is 0 Å². The normalized spacial score (nSPS) is 12.1. The summed E-state index contributed by atoms with van der Waals surface area (Å²) in [6.45, 7) is 1.39. The monoisotopic (exact) mass is 394 g/mol. The zero-order valence-corrected chi connectivity index (χ0v) is 15.1. The average molecular weight is 394 g/mol. The molecule has 9 heteroatoms. The van der Waals surface area contributed by atoms with Crippen LogP contribution >= 0.6 is 11.8 Å². The fourth-order valence-electron chi connectivity index (χ4n) is 2.47. The highest BCUT2D eigenvalue weighted by atomic mass is 32.2. The third-order valence-corrected chi connectivity index (χ3v) is 4.42. The molecule has 0 fully saturated rings. The predicted octanol–water partition coefficient (Wildman–Crippen LogP) is 3.98. The van der Waals surface area contributed by atoms with Crippen molar-refractivity contribution in [3.63, 3.8) is 0 Å². The predicted molar refractivity (Wildman–Crippen MR) is 98.0 cm³/mol. The molecule has 0 atom stereocenters. The number of thioether (sulfide) groups is 1. The maximum absolute atomic E-state index is 12.3. The van der Waals surface area contributed by atoms with Gasteiger partial charge in [0.15, 0.2) is 17.3 Å². The number of ketones is 1. The molecule has 1 amide bonds. The van der Waals surface area contributed by atoms with Gasteiger partial charge in [-0.25, -0.2) is 0 Å². The van der Waals surface area contributed by atoms with Gasteiger partial charge < -0.3 is 20.1 Å². The van der Waals surface area contributed by atoms with Crippen molar-refractivity contribution in [2.24, 2.45) is 0 Å². The summed E-state index contributed by atoms with van der Waals surface area (Å²) in [5.74, 6) is -2.16. The van der Waals surface area contributed by atoms with Crippen LogP contribution in [0.3, 0.4) is 0 Å². The van der Waals surface area contributed by atoms with Gasteiger partial charge >= 0.3 is 0 Å². The highest BCUT2D eigenvalue weighted by molar-refractivity contribution is 7.99. The third-order valence-electron chi connectivity index (χ3n) is 3.70. The first kappa shape index (κ1) is 19.0. The summed E-state index contributed by atoms with van der Waals surface area (Å²) in [5.41, 5.74) is 1.27. The molecule has 2 aromatic carbocycles. The minimum Gasteiger partial charge on any atom is -0.454 e. The topological polar surface area (TPSA) is 76.7 Å². The van der Waals surface area contributed by atoms with Crippen molar-refractivity contribution in [3.8, 4) is 11.5 Å². The molecule has 0 saturated heterocycles. The maximum atomic E-state index is 12.3. The minimum atomic E-state index is -2.48. The Labute approximate surface area is 158 Å². The van der Waals surface area contributed by atoms with Crippen LogP contribution in [0.25, 0.3) is 0 Å². The van der Waals surface area contributed by atoms with Crippen LogP contribution < -0.4 is 20.1 Å². The molecule has 2 aromatic rings. The Kier molecular flexibility index (Phi) is 5.80. The summed E-state index contributed by atoms with van der Waals surface area (Å²) in [6.07, 6.45) is 0. The van der Waals surface area contributed by atoms with Crippen LogP contribution in [0.15, 0.2) is 41.3 Å². The van der Waals surface area contributed by atoms with Crippen LogP contribution in [-0.4, -0.2) is 30.8 Å². The lowest BCUT2D eigenvalue weighted by Crippen LogP contribution is -2.22. The molecule has 0 aromatic heterocycles. The van der Waals surface area contributed by atoms with Crippen molar-refractivity contribution in [1.29, 1.82) is 0 Å². The lowest BCUT2D eigenvalue weighted by molar-refractivity contribution is -0.114. The van der Waals surface area contributed by atoms with Gasteiger partial charge in [0.2, 0.25) is 12.7 Å². The number of alkyl halides is 2. The van der Waals surface area contributed by atoms with Crippen molar-refractivity contribution in [2.75, 3.05) is 24.0 Å². The molecule has 1 aliphatic heterocycles. The van der Waals surface area contributed by atoms with Crippen LogP contribution in [0.2, 0.25) is 0 Å². The molecular formula is C18H16F2N2O4S. The van der Waals surface area contributed by atoms with E-state index < -0.39 is 5.76 Å². The molecule has 0 saturated carbocycles. The number of amides is 1. The fourth-order valence-corrected chi connectivity index (χ4v) is 2.97. The molecule has 0 unspecified atom stereocenters. The van der Waals surface area contributed by atoms with Crippen molar-refractivity contribution < 1.29 is 27.8 Å². The molecule has 27 heavy (non-hydrogen) atoms. The van der Waals surface area contributed by atoms with Gasteiger partial charge in [-0.1, -0.05) is 11.8 Å². The first-order valence-corrected chi connectivity index (χ1v) is 8.83. The van der Waals surface area contributed by atoms with E-state index in [0.717, 1.165) is 0 Å². The highest BCUT2D eigenvalue weighted by Crippen LogP contribution is 2.37. The Hall–Kier alpha value is -2.81. The van der Waals surface area contributed by atoms with Gasteiger partial charge in [-0.3, -0.25) is 9.59 Å². The summed E-state index contributed by atoms with van der Waals surface area (Å²) in [5, 5.41) is 5.56. The summed E-state index contributed by atoms with van der Waals surface area (Å²) < 4.78 is 35.1. The Balaban J connectivity index is 1.62. The molecule has 1 heterocycles. The number of hydrogen-bond donors (Lipinski definition) is 2. The highest BCUT2D eigenvalue weighted by Gasteiger charge is 2.20. The van der Waals surface area contributed by atoms with E-state index in [-0.39, 0.29) is 25.0 Å². The van der Waals surface area contributed by atoms with Crippen LogP contribution in [0.1, 0.15) is 17.3 Å².